The van der Waals surface area contributed by atoms with Crippen molar-refractivity contribution >= 4 is 10.0 Å². The topological polar surface area (TPSA) is 40.6 Å². The zero-order valence-electron chi connectivity index (χ0n) is 11.5. The molecule has 0 aromatic carbocycles. The molecule has 0 unspecified atom stereocenters. The summed E-state index contributed by atoms with van der Waals surface area (Å²) in [5.74, 6) is 0.233. The first-order valence-electron chi connectivity index (χ1n) is 7.35. The standard InChI is InChI=1S/C13H26N2O2S/c1-2-18(16,17)15-11-9-14(10-12-15)13-7-5-3-4-6-8-13/h13H,2-12H2,1H3. The first kappa shape index (κ1) is 14.3. The molecule has 2 fully saturated rings. The van der Waals surface area contributed by atoms with Crippen LogP contribution in [-0.4, -0.2) is 55.6 Å². The van der Waals surface area contributed by atoms with Gasteiger partial charge in [-0.2, -0.15) is 4.31 Å². The summed E-state index contributed by atoms with van der Waals surface area (Å²) < 4.78 is 25.3. The van der Waals surface area contributed by atoms with E-state index in [0.29, 0.717) is 19.1 Å². The minimum atomic E-state index is -2.98. The van der Waals surface area contributed by atoms with E-state index >= 15 is 0 Å². The molecule has 0 bridgehead atoms. The van der Waals surface area contributed by atoms with Crippen molar-refractivity contribution in [3.63, 3.8) is 0 Å². The second kappa shape index (κ2) is 6.35. The number of hydrogen-bond acceptors (Lipinski definition) is 3. The lowest BCUT2D eigenvalue weighted by Crippen LogP contribution is -2.52. The first-order chi connectivity index (χ1) is 8.63. The second-order valence-corrected chi connectivity index (χ2v) is 7.74. The maximum absolute atomic E-state index is 11.8. The largest absolute Gasteiger partial charge is 0.298 e. The summed E-state index contributed by atoms with van der Waals surface area (Å²) in [5.41, 5.74) is 0. The van der Waals surface area contributed by atoms with Crippen LogP contribution >= 0.6 is 0 Å². The van der Waals surface area contributed by atoms with Crippen molar-refractivity contribution in [1.29, 1.82) is 0 Å². The minimum Gasteiger partial charge on any atom is -0.298 e. The normalized spacial score (nSPS) is 26.1. The lowest BCUT2D eigenvalue weighted by molar-refractivity contribution is 0.126. The second-order valence-electron chi connectivity index (χ2n) is 5.48. The maximum atomic E-state index is 11.8. The number of nitrogens with zero attached hydrogens (tertiary/aromatic N) is 2. The van der Waals surface area contributed by atoms with Crippen LogP contribution in [0.2, 0.25) is 0 Å². The molecular formula is C13H26N2O2S. The Morgan fingerprint density at radius 1 is 0.944 bits per heavy atom. The van der Waals surface area contributed by atoms with Crippen LogP contribution in [0.25, 0.3) is 0 Å². The van der Waals surface area contributed by atoms with Crippen LogP contribution in [0.1, 0.15) is 45.4 Å². The van der Waals surface area contributed by atoms with Crippen LogP contribution in [0.4, 0.5) is 0 Å². The van der Waals surface area contributed by atoms with Crippen molar-refractivity contribution in [2.75, 3.05) is 31.9 Å². The van der Waals surface area contributed by atoms with E-state index in [9.17, 15) is 8.42 Å². The summed E-state index contributed by atoms with van der Waals surface area (Å²) in [6.45, 7) is 4.94. The molecule has 0 spiro atoms. The third kappa shape index (κ3) is 3.45. The Hall–Kier alpha value is -0.130. The Morgan fingerprint density at radius 3 is 2.00 bits per heavy atom. The molecule has 2 aliphatic rings. The summed E-state index contributed by atoms with van der Waals surface area (Å²) in [6.07, 6.45) is 8.05. The first-order valence-corrected chi connectivity index (χ1v) is 8.96. The fourth-order valence-corrected chi connectivity index (χ4v) is 4.24. The van der Waals surface area contributed by atoms with Crippen molar-refractivity contribution in [1.82, 2.24) is 9.21 Å². The molecule has 1 heterocycles. The molecule has 106 valence electrons. The van der Waals surface area contributed by atoms with Gasteiger partial charge in [-0.05, 0) is 19.8 Å². The van der Waals surface area contributed by atoms with Gasteiger partial charge in [0.25, 0.3) is 0 Å². The van der Waals surface area contributed by atoms with Gasteiger partial charge in [-0.15, -0.1) is 0 Å². The van der Waals surface area contributed by atoms with Gasteiger partial charge >= 0.3 is 0 Å². The minimum absolute atomic E-state index is 0.233. The van der Waals surface area contributed by atoms with E-state index in [1.165, 1.54) is 38.5 Å². The molecule has 0 N–H and O–H groups in total. The predicted molar refractivity (Wildman–Crippen MR) is 74.1 cm³/mol. The van der Waals surface area contributed by atoms with Crippen LogP contribution in [0, 0.1) is 0 Å². The Kier molecular flexibility index (Phi) is 5.04. The van der Waals surface area contributed by atoms with Gasteiger partial charge in [-0.1, -0.05) is 25.7 Å². The van der Waals surface area contributed by atoms with E-state index in [-0.39, 0.29) is 5.75 Å². The molecule has 1 aliphatic carbocycles. The van der Waals surface area contributed by atoms with E-state index < -0.39 is 10.0 Å². The third-order valence-corrected chi connectivity index (χ3v) is 6.25. The molecule has 0 amide bonds. The lowest BCUT2D eigenvalue weighted by atomic mass is 10.1. The fourth-order valence-electron chi connectivity index (χ4n) is 3.15. The van der Waals surface area contributed by atoms with Crippen molar-refractivity contribution in [3.8, 4) is 0 Å². The van der Waals surface area contributed by atoms with Gasteiger partial charge in [0, 0.05) is 32.2 Å². The highest BCUT2D eigenvalue weighted by Gasteiger charge is 2.28. The average Bonchev–Trinajstić information content (AvgIpc) is 2.68. The van der Waals surface area contributed by atoms with Crippen LogP contribution in [0.5, 0.6) is 0 Å². The molecule has 5 heteroatoms. The van der Waals surface area contributed by atoms with Gasteiger partial charge < -0.3 is 0 Å². The van der Waals surface area contributed by atoms with Crippen molar-refractivity contribution in [3.05, 3.63) is 0 Å². The third-order valence-electron chi connectivity index (χ3n) is 4.37. The summed E-state index contributed by atoms with van der Waals surface area (Å²) in [6, 6.07) is 0.707. The van der Waals surface area contributed by atoms with E-state index in [0.717, 1.165) is 13.1 Å². The number of rotatable bonds is 3. The van der Waals surface area contributed by atoms with Crippen LogP contribution < -0.4 is 0 Å². The molecule has 1 saturated carbocycles. The Labute approximate surface area is 111 Å². The van der Waals surface area contributed by atoms with Crippen molar-refractivity contribution in [2.24, 2.45) is 0 Å². The zero-order chi connectivity index (χ0) is 13.0. The van der Waals surface area contributed by atoms with Crippen LogP contribution in [0.15, 0.2) is 0 Å². The Bertz CT molecular complexity index is 340. The summed E-state index contributed by atoms with van der Waals surface area (Å²) in [4.78, 5) is 2.52. The molecule has 2 rings (SSSR count). The molecule has 0 aromatic heterocycles. The van der Waals surface area contributed by atoms with E-state index in [1.54, 1.807) is 11.2 Å². The van der Waals surface area contributed by atoms with Gasteiger partial charge in [0.15, 0.2) is 0 Å². The Balaban J connectivity index is 1.86. The van der Waals surface area contributed by atoms with Crippen LogP contribution in [0.3, 0.4) is 0 Å². The molecule has 1 saturated heterocycles. The predicted octanol–water partition coefficient (Wildman–Crippen LogP) is 1.68. The maximum Gasteiger partial charge on any atom is 0.213 e. The highest BCUT2D eigenvalue weighted by molar-refractivity contribution is 7.89. The molecular weight excluding hydrogens is 248 g/mol. The zero-order valence-corrected chi connectivity index (χ0v) is 12.3. The van der Waals surface area contributed by atoms with E-state index in [2.05, 4.69) is 4.90 Å². The van der Waals surface area contributed by atoms with Gasteiger partial charge in [0.2, 0.25) is 10.0 Å². The number of sulfonamides is 1. The summed E-state index contributed by atoms with van der Waals surface area (Å²) in [7, 11) is -2.98. The quantitative estimate of drug-likeness (QED) is 0.735. The van der Waals surface area contributed by atoms with Gasteiger partial charge in [0.1, 0.15) is 0 Å². The van der Waals surface area contributed by atoms with Crippen molar-refractivity contribution < 1.29 is 8.42 Å². The number of piperazine rings is 1. The molecule has 4 nitrogen and oxygen atoms in total. The highest BCUT2D eigenvalue weighted by Crippen LogP contribution is 2.23. The average molecular weight is 274 g/mol. The highest BCUT2D eigenvalue weighted by atomic mass is 32.2. The summed E-state index contributed by atoms with van der Waals surface area (Å²) in [5, 5.41) is 0. The van der Waals surface area contributed by atoms with Crippen molar-refractivity contribution in [2.45, 2.75) is 51.5 Å². The monoisotopic (exact) mass is 274 g/mol. The van der Waals surface area contributed by atoms with Gasteiger partial charge in [-0.3, -0.25) is 4.90 Å². The smallest absolute Gasteiger partial charge is 0.213 e. The lowest BCUT2D eigenvalue weighted by Gasteiger charge is -2.38. The molecule has 0 atom stereocenters. The molecule has 0 aromatic rings. The molecule has 0 radical (unpaired) electrons. The Morgan fingerprint density at radius 2 is 1.50 bits per heavy atom. The van der Waals surface area contributed by atoms with E-state index in [4.69, 9.17) is 0 Å². The van der Waals surface area contributed by atoms with Gasteiger partial charge in [0.05, 0.1) is 5.75 Å². The fraction of sp³-hybridized carbons (Fsp3) is 1.00. The molecule has 18 heavy (non-hydrogen) atoms. The van der Waals surface area contributed by atoms with Gasteiger partial charge in [-0.25, -0.2) is 8.42 Å². The SMILES string of the molecule is CCS(=O)(=O)N1CCN(C2CCCCCC2)CC1. The van der Waals surface area contributed by atoms with E-state index in [1.807, 2.05) is 0 Å². The molecule has 1 aliphatic heterocycles. The van der Waals surface area contributed by atoms with Crippen LogP contribution in [-0.2, 0) is 10.0 Å². The number of hydrogen-bond donors (Lipinski definition) is 0. The summed E-state index contributed by atoms with van der Waals surface area (Å²) >= 11 is 0.